The van der Waals surface area contributed by atoms with Crippen LogP contribution in [0.25, 0.3) is 0 Å². The highest BCUT2D eigenvalue weighted by atomic mass is 19.4. The van der Waals surface area contributed by atoms with E-state index < -0.39 is 11.7 Å². The van der Waals surface area contributed by atoms with Crippen molar-refractivity contribution in [1.82, 2.24) is 5.12 Å². The average Bonchev–Trinajstić information content (AvgIpc) is 2.64. The fourth-order valence-corrected chi connectivity index (χ4v) is 2.69. The Balaban J connectivity index is 2.25. The van der Waals surface area contributed by atoms with Gasteiger partial charge in [-0.1, -0.05) is 50.7 Å². The van der Waals surface area contributed by atoms with E-state index in [0.717, 1.165) is 17.8 Å². The largest absolute Gasteiger partial charge is 0.417 e. The van der Waals surface area contributed by atoms with Gasteiger partial charge in [-0.15, -0.1) is 0 Å². The summed E-state index contributed by atoms with van der Waals surface area (Å²) in [5.74, 6) is -0.0725. The van der Waals surface area contributed by atoms with Crippen molar-refractivity contribution in [3.05, 3.63) is 69.8 Å². The average molecular weight is 411 g/mol. The monoisotopic (exact) mass is 411 g/mol. The fraction of sp³-hybridized carbons (Fsp3) is 0.300. The third-order valence-corrected chi connectivity index (χ3v) is 4.11. The number of rotatable bonds is 6. The van der Waals surface area contributed by atoms with Gasteiger partial charge in [0, 0.05) is 23.7 Å². The van der Waals surface area contributed by atoms with E-state index in [1.54, 1.807) is 38.1 Å². The first kappa shape index (κ1) is 22.2. The minimum atomic E-state index is -4.51. The van der Waals surface area contributed by atoms with Crippen molar-refractivity contribution in [2.24, 2.45) is 10.3 Å². The highest BCUT2D eigenvalue weighted by Crippen LogP contribution is 2.32. The normalized spacial score (nSPS) is 12.3. The zero-order valence-electron chi connectivity index (χ0n) is 16.4. The molecule has 0 aliphatic rings. The van der Waals surface area contributed by atoms with Crippen molar-refractivity contribution < 1.29 is 27.3 Å². The predicted molar refractivity (Wildman–Crippen MR) is 102 cm³/mol. The Morgan fingerprint density at radius 2 is 1.90 bits per heavy atom. The molecule has 0 radical (unpaired) electrons. The number of halogens is 4. The van der Waals surface area contributed by atoms with Crippen LogP contribution in [0.2, 0.25) is 0 Å². The molecule has 2 aromatic rings. The molecule has 0 aliphatic carbocycles. The summed E-state index contributed by atoms with van der Waals surface area (Å²) in [5, 5.41) is 7.64. The van der Waals surface area contributed by atoms with Gasteiger partial charge < -0.3 is 9.68 Å². The summed E-state index contributed by atoms with van der Waals surface area (Å²) in [5.41, 5.74) is 1.34. The van der Waals surface area contributed by atoms with E-state index in [2.05, 4.69) is 15.1 Å². The first-order valence-electron chi connectivity index (χ1n) is 8.57. The summed E-state index contributed by atoms with van der Waals surface area (Å²) < 4.78 is 53.3. The summed E-state index contributed by atoms with van der Waals surface area (Å²) in [6, 6.07) is 9.06. The molecule has 2 rings (SSSR count). The van der Waals surface area contributed by atoms with E-state index in [-0.39, 0.29) is 18.0 Å². The van der Waals surface area contributed by atoms with Crippen LogP contribution in [0.3, 0.4) is 0 Å². The molecule has 0 saturated heterocycles. The Bertz CT molecular complexity index is 909. The molecule has 29 heavy (non-hydrogen) atoms. The van der Waals surface area contributed by atoms with Gasteiger partial charge in [0.05, 0.1) is 11.8 Å². The van der Waals surface area contributed by atoms with Crippen LogP contribution >= 0.6 is 0 Å². The topological polar surface area (TPSA) is 46.4 Å². The quantitative estimate of drug-likeness (QED) is 0.221. The SMILES string of the molecule is CO/N=C(\c1cccc(C)c1CO/N=C/c1ccc(C)cc1C(F)(F)F)N(C)F. The number of amidine groups is 1. The van der Waals surface area contributed by atoms with Crippen molar-refractivity contribution in [2.75, 3.05) is 14.2 Å². The summed E-state index contributed by atoms with van der Waals surface area (Å²) in [4.78, 5) is 9.90. The van der Waals surface area contributed by atoms with Gasteiger partial charge in [0.1, 0.15) is 13.7 Å². The number of oxime groups is 2. The van der Waals surface area contributed by atoms with Gasteiger partial charge in [-0.3, -0.25) is 0 Å². The van der Waals surface area contributed by atoms with Gasteiger partial charge in [-0.25, -0.2) is 0 Å². The fourth-order valence-electron chi connectivity index (χ4n) is 2.69. The van der Waals surface area contributed by atoms with Gasteiger partial charge in [-0.2, -0.15) is 18.3 Å². The lowest BCUT2D eigenvalue weighted by atomic mass is 10.0. The van der Waals surface area contributed by atoms with Crippen LogP contribution in [0.5, 0.6) is 0 Å². The lowest BCUT2D eigenvalue weighted by Gasteiger charge is -2.15. The lowest BCUT2D eigenvalue weighted by molar-refractivity contribution is -0.137. The van der Waals surface area contributed by atoms with E-state index in [1.165, 1.54) is 20.2 Å². The number of nitrogens with zero attached hydrogens (tertiary/aromatic N) is 3. The van der Waals surface area contributed by atoms with Crippen LogP contribution in [0.15, 0.2) is 46.7 Å². The third kappa shape index (κ3) is 5.69. The number of alkyl halides is 3. The molecule has 0 saturated carbocycles. The van der Waals surface area contributed by atoms with Gasteiger partial charge in [-0.05, 0) is 25.5 Å². The Labute approximate surface area is 166 Å². The molecule has 0 heterocycles. The molecular weight excluding hydrogens is 390 g/mol. The molecule has 0 spiro atoms. The molecule has 0 bridgehead atoms. The highest BCUT2D eigenvalue weighted by Gasteiger charge is 2.33. The molecule has 5 nitrogen and oxygen atoms in total. The lowest BCUT2D eigenvalue weighted by Crippen LogP contribution is -2.21. The van der Waals surface area contributed by atoms with E-state index in [4.69, 9.17) is 4.84 Å². The summed E-state index contributed by atoms with van der Waals surface area (Å²) in [6.07, 6.45) is -3.50. The third-order valence-electron chi connectivity index (χ3n) is 4.11. The second kappa shape index (κ2) is 9.40. The molecule has 0 aromatic heterocycles. The van der Waals surface area contributed by atoms with E-state index >= 15 is 0 Å². The van der Waals surface area contributed by atoms with Crippen LogP contribution < -0.4 is 0 Å². The first-order chi connectivity index (χ1) is 13.6. The van der Waals surface area contributed by atoms with Gasteiger partial charge in [0.2, 0.25) is 5.84 Å². The number of aryl methyl sites for hydroxylation is 2. The first-order valence-corrected chi connectivity index (χ1v) is 8.57. The Hall–Kier alpha value is -3.10. The molecule has 0 fully saturated rings. The Kier molecular flexibility index (Phi) is 7.19. The molecule has 0 aliphatic heterocycles. The molecule has 0 N–H and O–H groups in total. The second-order valence-corrected chi connectivity index (χ2v) is 6.27. The summed E-state index contributed by atoms with van der Waals surface area (Å²) in [7, 11) is 2.46. The predicted octanol–water partition coefficient (Wildman–Crippen LogP) is 5.00. The molecule has 2 aromatic carbocycles. The van der Waals surface area contributed by atoms with E-state index in [9.17, 15) is 17.7 Å². The van der Waals surface area contributed by atoms with Crippen LogP contribution in [0, 0.1) is 13.8 Å². The van der Waals surface area contributed by atoms with Crippen molar-refractivity contribution in [2.45, 2.75) is 26.6 Å². The standard InChI is InChI=1S/C20H21F4N3O2/c1-13-8-9-15(18(10-13)20(21,22)23)11-25-29-12-17-14(2)6-5-7-16(17)19(26-28-4)27(3)24/h5-11H,12H2,1-4H3/b25-11+,26-19+. The maximum atomic E-state index is 13.8. The molecule has 156 valence electrons. The smallest absolute Gasteiger partial charge is 0.397 e. The van der Waals surface area contributed by atoms with Crippen molar-refractivity contribution in [3.8, 4) is 0 Å². The molecule has 9 heteroatoms. The summed E-state index contributed by atoms with van der Waals surface area (Å²) >= 11 is 0. The minimum Gasteiger partial charge on any atom is -0.397 e. The maximum Gasteiger partial charge on any atom is 0.417 e. The second-order valence-electron chi connectivity index (χ2n) is 6.27. The van der Waals surface area contributed by atoms with Crippen LogP contribution in [0.1, 0.15) is 33.4 Å². The highest BCUT2D eigenvalue weighted by molar-refractivity contribution is 5.99. The number of hydrogen-bond acceptors (Lipinski definition) is 4. The molecule has 0 unspecified atom stereocenters. The summed E-state index contributed by atoms with van der Waals surface area (Å²) in [6.45, 7) is 3.27. The molecule has 0 atom stereocenters. The van der Waals surface area contributed by atoms with Crippen LogP contribution in [0.4, 0.5) is 17.7 Å². The van der Waals surface area contributed by atoms with E-state index in [0.29, 0.717) is 21.8 Å². The minimum absolute atomic E-state index is 0.0725. The zero-order chi connectivity index (χ0) is 21.6. The number of hydrogen-bond donors (Lipinski definition) is 0. The van der Waals surface area contributed by atoms with E-state index in [1.807, 2.05) is 0 Å². The van der Waals surface area contributed by atoms with Gasteiger partial charge in [0.25, 0.3) is 0 Å². The van der Waals surface area contributed by atoms with Crippen LogP contribution in [-0.4, -0.2) is 31.3 Å². The molecule has 0 amide bonds. The van der Waals surface area contributed by atoms with Gasteiger partial charge in [0.15, 0.2) is 0 Å². The van der Waals surface area contributed by atoms with Crippen LogP contribution in [-0.2, 0) is 22.5 Å². The van der Waals surface area contributed by atoms with Crippen molar-refractivity contribution in [3.63, 3.8) is 0 Å². The number of benzene rings is 2. The molecular formula is C20H21F4N3O2. The van der Waals surface area contributed by atoms with Gasteiger partial charge >= 0.3 is 6.18 Å². The van der Waals surface area contributed by atoms with Crippen molar-refractivity contribution in [1.29, 1.82) is 0 Å². The van der Waals surface area contributed by atoms with Crippen molar-refractivity contribution >= 4 is 12.1 Å². The Morgan fingerprint density at radius 1 is 1.17 bits per heavy atom. The Morgan fingerprint density at radius 3 is 2.52 bits per heavy atom. The zero-order valence-corrected chi connectivity index (χ0v) is 16.4. The maximum absolute atomic E-state index is 13.8.